The molecule has 3 rings (SSSR count). The lowest BCUT2D eigenvalue weighted by atomic mass is 9.86. The summed E-state index contributed by atoms with van der Waals surface area (Å²) in [4.78, 5) is 34.4. The summed E-state index contributed by atoms with van der Waals surface area (Å²) in [5.41, 5.74) is 5.30. The number of anilines is 2. The Hall–Kier alpha value is -2.09. The van der Waals surface area contributed by atoms with Crippen molar-refractivity contribution < 1.29 is 9.90 Å². The molecule has 0 spiro atoms. The number of hydrogen-bond acceptors (Lipinski definition) is 6. The van der Waals surface area contributed by atoms with Gasteiger partial charge in [0.2, 0.25) is 11.9 Å². The number of H-pyrrole nitrogens is 1. The standard InChI is InChI=1S/C15H23N5O3/c16-15-17-12(9-13(22)18-15)19-5-7-20(8-6-19)14(23)10-1-3-11(21)4-2-10/h9-11,21H,1-8H2,(H3,16,17,18,22). The van der Waals surface area contributed by atoms with E-state index >= 15 is 0 Å². The van der Waals surface area contributed by atoms with Crippen LogP contribution in [0.15, 0.2) is 10.9 Å². The van der Waals surface area contributed by atoms with Crippen LogP contribution in [0.25, 0.3) is 0 Å². The predicted molar refractivity (Wildman–Crippen MR) is 86.0 cm³/mol. The molecule has 2 heterocycles. The molecule has 8 nitrogen and oxygen atoms in total. The topological polar surface area (TPSA) is 116 Å². The smallest absolute Gasteiger partial charge is 0.254 e. The van der Waals surface area contributed by atoms with E-state index in [0.29, 0.717) is 44.8 Å². The van der Waals surface area contributed by atoms with Gasteiger partial charge in [0.1, 0.15) is 5.82 Å². The van der Waals surface area contributed by atoms with E-state index in [1.54, 1.807) is 0 Å². The zero-order valence-electron chi connectivity index (χ0n) is 13.1. The van der Waals surface area contributed by atoms with Gasteiger partial charge in [-0.1, -0.05) is 0 Å². The molecule has 1 saturated carbocycles. The molecule has 2 fully saturated rings. The number of nitrogen functional groups attached to an aromatic ring is 1. The largest absolute Gasteiger partial charge is 0.393 e. The number of carbonyl (C=O) groups excluding carboxylic acids is 1. The molecule has 0 atom stereocenters. The van der Waals surface area contributed by atoms with Gasteiger partial charge in [-0.2, -0.15) is 4.98 Å². The molecule has 0 aromatic carbocycles. The Bertz CT molecular complexity index is 616. The van der Waals surface area contributed by atoms with Gasteiger partial charge in [-0.15, -0.1) is 0 Å². The predicted octanol–water partition coefficient (Wildman–Crippen LogP) is -0.448. The van der Waals surface area contributed by atoms with Crippen molar-refractivity contribution in [3.8, 4) is 0 Å². The number of nitrogens with zero attached hydrogens (tertiary/aromatic N) is 3. The number of carbonyl (C=O) groups is 1. The fourth-order valence-corrected chi connectivity index (χ4v) is 3.36. The summed E-state index contributed by atoms with van der Waals surface area (Å²) < 4.78 is 0. The van der Waals surface area contributed by atoms with E-state index in [1.165, 1.54) is 6.07 Å². The average molecular weight is 321 g/mol. The Morgan fingerprint density at radius 3 is 2.48 bits per heavy atom. The number of hydrogen-bond donors (Lipinski definition) is 3. The first-order valence-electron chi connectivity index (χ1n) is 8.11. The number of aliphatic hydroxyl groups excluding tert-OH is 1. The zero-order chi connectivity index (χ0) is 16.4. The van der Waals surface area contributed by atoms with Crippen molar-refractivity contribution in [3.05, 3.63) is 16.4 Å². The van der Waals surface area contributed by atoms with E-state index in [4.69, 9.17) is 5.73 Å². The minimum atomic E-state index is -0.272. The van der Waals surface area contributed by atoms with Gasteiger partial charge in [-0.25, -0.2) is 0 Å². The first-order valence-corrected chi connectivity index (χ1v) is 8.11. The van der Waals surface area contributed by atoms with Crippen LogP contribution in [-0.4, -0.2) is 58.2 Å². The van der Waals surface area contributed by atoms with E-state index in [-0.39, 0.29) is 29.4 Å². The van der Waals surface area contributed by atoms with Gasteiger partial charge in [-0.3, -0.25) is 14.6 Å². The number of amides is 1. The zero-order valence-corrected chi connectivity index (χ0v) is 13.1. The lowest BCUT2D eigenvalue weighted by Crippen LogP contribution is -2.51. The van der Waals surface area contributed by atoms with Crippen molar-refractivity contribution in [1.29, 1.82) is 0 Å². The molecule has 4 N–H and O–H groups in total. The Kier molecular flexibility index (Phi) is 4.51. The molecule has 1 aromatic heterocycles. The van der Waals surface area contributed by atoms with Gasteiger partial charge in [0.25, 0.3) is 5.56 Å². The van der Waals surface area contributed by atoms with Gasteiger partial charge in [-0.05, 0) is 25.7 Å². The Balaban J connectivity index is 1.57. The van der Waals surface area contributed by atoms with E-state index < -0.39 is 0 Å². The number of aromatic nitrogens is 2. The summed E-state index contributed by atoms with van der Waals surface area (Å²) in [5, 5.41) is 9.55. The van der Waals surface area contributed by atoms with Gasteiger partial charge < -0.3 is 20.6 Å². The summed E-state index contributed by atoms with van der Waals surface area (Å²) in [6.07, 6.45) is 2.72. The molecule has 23 heavy (non-hydrogen) atoms. The molecule has 2 aliphatic rings. The third-order valence-corrected chi connectivity index (χ3v) is 4.71. The van der Waals surface area contributed by atoms with Gasteiger partial charge in [0.15, 0.2) is 0 Å². The molecular formula is C15H23N5O3. The van der Waals surface area contributed by atoms with Crippen LogP contribution in [0, 0.1) is 5.92 Å². The lowest BCUT2D eigenvalue weighted by molar-refractivity contribution is -0.137. The van der Waals surface area contributed by atoms with Crippen LogP contribution >= 0.6 is 0 Å². The lowest BCUT2D eigenvalue weighted by Gasteiger charge is -2.38. The van der Waals surface area contributed by atoms with E-state index in [2.05, 4.69) is 9.97 Å². The monoisotopic (exact) mass is 321 g/mol. The quantitative estimate of drug-likeness (QED) is 0.679. The maximum atomic E-state index is 12.5. The first-order chi connectivity index (χ1) is 11.0. The Morgan fingerprint density at radius 1 is 1.22 bits per heavy atom. The van der Waals surface area contributed by atoms with E-state index in [0.717, 1.165) is 12.8 Å². The minimum absolute atomic E-state index is 0.0401. The highest BCUT2D eigenvalue weighted by Crippen LogP contribution is 2.26. The number of rotatable bonds is 2. The summed E-state index contributed by atoms with van der Waals surface area (Å²) in [7, 11) is 0. The van der Waals surface area contributed by atoms with Crippen molar-refractivity contribution in [1.82, 2.24) is 14.9 Å². The SMILES string of the molecule is Nc1nc(N2CCN(C(=O)C3CCC(O)CC3)CC2)cc(=O)[nH]1. The number of piperazine rings is 1. The number of aliphatic hydroxyl groups is 1. The second-order valence-corrected chi connectivity index (χ2v) is 6.31. The van der Waals surface area contributed by atoms with Crippen LogP contribution in [0.2, 0.25) is 0 Å². The van der Waals surface area contributed by atoms with Gasteiger partial charge >= 0.3 is 0 Å². The molecule has 126 valence electrons. The third-order valence-electron chi connectivity index (χ3n) is 4.71. The summed E-state index contributed by atoms with van der Waals surface area (Å²) in [6, 6.07) is 1.43. The molecule has 0 radical (unpaired) electrons. The van der Waals surface area contributed by atoms with Gasteiger partial charge in [0.05, 0.1) is 6.10 Å². The number of nitrogens with two attached hydrogens (primary N) is 1. The highest BCUT2D eigenvalue weighted by molar-refractivity contribution is 5.79. The highest BCUT2D eigenvalue weighted by atomic mass is 16.3. The van der Waals surface area contributed by atoms with Crippen LogP contribution in [0.4, 0.5) is 11.8 Å². The summed E-state index contributed by atoms with van der Waals surface area (Å²) >= 11 is 0. The van der Waals surface area contributed by atoms with Crippen LogP contribution < -0.4 is 16.2 Å². The van der Waals surface area contributed by atoms with Crippen molar-refractivity contribution in [3.63, 3.8) is 0 Å². The van der Waals surface area contributed by atoms with Crippen LogP contribution in [0.5, 0.6) is 0 Å². The highest BCUT2D eigenvalue weighted by Gasteiger charge is 2.30. The first kappa shape index (κ1) is 15.8. The summed E-state index contributed by atoms with van der Waals surface area (Å²) in [6.45, 7) is 2.51. The average Bonchev–Trinajstić information content (AvgIpc) is 2.54. The minimum Gasteiger partial charge on any atom is -0.393 e. The van der Waals surface area contributed by atoms with Crippen molar-refractivity contribution in [2.75, 3.05) is 36.8 Å². The van der Waals surface area contributed by atoms with Crippen molar-refractivity contribution in [2.45, 2.75) is 31.8 Å². The molecule has 0 bridgehead atoms. The maximum Gasteiger partial charge on any atom is 0.254 e. The second-order valence-electron chi connectivity index (χ2n) is 6.31. The maximum absolute atomic E-state index is 12.5. The molecule has 1 aliphatic heterocycles. The number of aromatic amines is 1. The Morgan fingerprint density at radius 2 is 1.87 bits per heavy atom. The van der Waals surface area contributed by atoms with Crippen molar-refractivity contribution >= 4 is 17.7 Å². The molecule has 8 heteroatoms. The normalized spacial score (nSPS) is 25.4. The second kappa shape index (κ2) is 6.57. The third kappa shape index (κ3) is 3.64. The van der Waals surface area contributed by atoms with Crippen LogP contribution in [0.1, 0.15) is 25.7 Å². The molecule has 1 amide bonds. The van der Waals surface area contributed by atoms with Crippen LogP contribution in [-0.2, 0) is 4.79 Å². The Labute approximate surface area is 134 Å². The van der Waals surface area contributed by atoms with E-state index in [1.807, 2.05) is 9.80 Å². The molecule has 1 saturated heterocycles. The van der Waals surface area contributed by atoms with Gasteiger partial charge in [0, 0.05) is 38.2 Å². The van der Waals surface area contributed by atoms with Crippen molar-refractivity contribution in [2.24, 2.45) is 5.92 Å². The molecular weight excluding hydrogens is 298 g/mol. The molecule has 0 unspecified atom stereocenters. The number of nitrogens with one attached hydrogen (secondary N) is 1. The molecule has 1 aromatic rings. The van der Waals surface area contributed by atoms with Crippen LogP contribution in [0.3, 0.4) is 0 Å². The molecule has 1 aliphatic carbocycles. The van der Waals surface area contributed by atoms with E-state index in [9.17, 15) is 14.7 Å². The summed E-state index contributed by atoms with van der Waals surface area (Å²) in [5.74, 6) is 0.888. The fourth-order valence-electron chi connectivity index (χ4n) is 3.36. The fraction of sp³-hybridized carbons (Fsp3) is 0.667.